The molecule has 432 valence electrons. The third kappa shape index (κ3) is 26.7. The van der Waals surface area contributed by atoms with Crippen LogP contribution in [0, 0.1) is 0 Å². The molecule has 0 radical (unpaired) electrons. The number of aliphatic imine (C=N–C) groups is 1. The van der Waals surface area contributed by atoms with Crippen LogP contribution in [0.4, 0.5) is 0 Å². The summed E-state index contributed by atoms with van der Waals surface area (Å²) in [5, 5.41) is 58.6. The summed E-state index contributed by atoms with van der Waals surface area (Å²) in [4.78, 5) is 147. The standard InChI is InChI=1S/C47H84N14O15/c1-6-7-8-9-10-11-12-13-14-15-16-17-18-21-34(65)57-39(29(4)64)45(75)55-32-23-35(66)59-60-61(46(32)76)27(2)40(70)52-25-36(67)53-30(20-19-22-51-47(48)49)41(71)56-33(26-62)43(73)54-31(24-37(68)69)42(72)58-38(28(3)63)44(74)50-5/h27-33,38-39,60,62-64H,6-26H2,1-5H3,(H,50,74)(H,52,70)(H,53,67)(H,54,73)(H,55,75)(H,56,71)(H,57,65)(H,58,72)(H,59,66)(H,68,69)(H4,48,49,51)/t27-,28+,29+,30-,31-,32-,33-,38-,39-/m0/s1. The number of hydrogen-bond donors (Lipinski definition) is 16. The van der Waals surface area contributed by atoms with E-state index in [1.807, 2.05) is 0 Å². The van der Waals surface area contributed by atoms with Gasteiger partial charge in [-0.2, -0.15) is 0 Å². The highest BCUT2D eigenvalue weighted by molar-refractivity contribution is 5.99. The summed E-state index contributed by atoms with van der Waals surface area (Å²) in [5.74, 6) is -11.5. The van der Waals surface area contributed by atoms with Gasteiger partial charge in [0, 0.05) is 20.0 Å². The highest BCUT2D eigenvalue weighted by Crippen LogP contribution is 2.14. The van der Waals surface area contributed by atoms with E-state index in [0.717, 1.165) is 25.7 Å². The van der Waals surface area contributed by atoms with E-state index in [0.29, 0.717) is 11.4 Å². The van der Waals surface area contributed by atoms with E-state index in [2.05, 4.69) is 65.4 Å². The van der Waals surface area contributed by atoms with Gasteiger partial charge in [-0.15, -0.1) is 5.53 Å². The van der Waals surface area contributed by atoms with E-state index in [9.17, 15) is 73.2 Å². The topological polar surface area (TPSA) is 457 Å². The molecule has 0 spiro atoms. The van der Waals surface area contributed by atoms with Gasteiger partial charge in [-0.3, -0.25) is 63.2 Å². The first-order valence-electron chi connectivity index (χ1n) is 25.9. The van der Waals surface area contributed by atoms with Crippen molar-refractivity contribution in [2.75, 3.05) is 26.7 Å². The largest absolute Gasteiger partial charge is 0.481 e. The fourth-order valence-corrected chi connectivity index (χ4v) is 7.67. The molecule has 0 aromatic heterocycles. The summed E-state index contributed by atoms with van der Waals surface area (Å²) < 4.78 is 0. The zero-order chi connectivity index (χ0) is 57.3. The van der Waals surface area contributed by atoms with Crippen LogP contribution in [-0.4, -0.2) is 178 Å². The number of unbranched alkanes of at least 4 members (excludes halogenated alkanes) is 12. The maximum Gasteiger partial charge on any atom is 0.305 e. The summed E-state index contributed by atoms with van der Waals surface area (Å²) in [7, 11) is 1.21. The minimum Gasteiger partial charge on any atom is -0.481 e. The van der Waals surface area contributed by atoms with Crippen LogP contribution >= 0.6 is 0 Å². The SMILES string of the molecule is CCCCCCCCCCCCCCCC(=O)N[C@H](C(=O)N[C@H]1CC(=O)NNN([C@@H](C)C(=O)NCC(=O)N[C@@H](CCCN=C(N)N)C(=O)N[C@@H](CO)C(=O)N[C@@H](CC(=O)O)C(=O)N[C@H](C(=O)NC)[C@@H](C)O)C1=O)[C@@H](C)O. The minimum absolute atomic E-state index is 0.0433. The second kappa shape index (κ2) is 37.1. The van der Waals surface area contributed by atoms with Crippen molar-refractivity contribution in [1.82, 2.24) is 58.5 Å². The average molecular weight is 1090 g/mol. The molecular weight excluding hydrogens is 1000 g/mol. The number of hydrazine groups is 2. The lowest BCUT2D eigenvalue weighted by atomic mass is 10.0. The molecule has 29 nitrogen and oxygen atoms in total. The lowest BCUT2D eigenvalue weighted by Crippen LogP contribution is -2.62. The Bertz CT molecular complexity index is 1950. The normalized spacial score (nSPS) is 16.5. The summed E-state index contributed by atoms with van der Waals surface area (Å²) in [5.41, 5.74) is 15.3. The van der Waals surface area contributed by atoms with Crippen molar-refractivity contribution in [3.63, 3.8) is 0 Å². The monoisotopic (exact) mass is 1080 g/mol. The fourth-order valence-electron chi connectivity index (χ4n) is 7.67. The number of aliphatic hydroxyl groups is 3. The van der Waals surface area contributed by atoms with E-state index in [4.69, 9.17) is 11.5 Å². The Balaban J connectivity index is 2.96. The molecule has 9 atom stereocenters. The molecule has 0 unspecified atom stereocenters. The molecule has 1 fully saturated rings. The molecule has 10 amide bonds. The summed E-state index contributed by atoms with van der Waals surface area (Å²) >= 11 is 0. The van der Waals surface area contributed by atoms with Gasteiger partial charge < -0.3 is 74.4 Å². The number of carboxylic acids is 1. The molecule has 1 aliphatic heterocycles. The van der Waals surface area contributed by atoms with Gasteiger partial charge in [0.1, 0.15) is 42.3 Å². The molecule has 0 aromatic rings. The number of nitrogens with two attached hydrogens (primary N) is 2. The van der Waals surface area contributed by atoms with Crippen molar-refractivity contribution < 1.29 is 73.2 Å². The number of carboxylic acid groups (broad SMARTS) is 1. The zero-order valence-corrected chi connectivity index (χ0v) is 44.4. The Kier molecular flexibility index (Phi) is 32.8. The van der Waals surface area contributed by atoms with Crippen molar-refractivity contribution in [2.24, 2.45) is 16.5 Å². The zero-order valence-electron chi connectivity index (χ0n) is 44.4. The van der Waals surface area contributed by atoms with Crippen LogP contribution in [0.5, 0.6) is 0 Å². The van der Waals surface area contributed by atoms with Gasteiger partial charge >= 0.3 is 5.97 Å². The number of nitrogens with zero attached hydrogens (tertiary/aromatic N) is 2. The van der Waals surface area contributed by atoms with Crippen LogP contribution in [0.2, 0.25) is 0 Å². The Morgan fingerprint density at radius 2 is 1.20 bits per heavy atom. The molecular formula is C47H84N14O15. The van der Waals surface area contributed by atoms with Gasteiger partial charge in [0.05, 0.1) is 38.2 Å². The molecule has 0 bridgehead atoms. The van der Waals surface area contributed by atoms with Crippen molar-refractivity contribution in [1.29, 1.82) is 0 Å². The number of hydrogen-bond acceptors (Lipinski definition) is 16. The smallest absolute Gasteiger partial charge is 0.305 e. The fraction of sp³-hybridized carbons (Fsp3) is 0.745. The van der Waals surface area contributed by atoms with Gasteiger partial charge in [0.25, 0.3) is 5.91 Å². The first-order valence-corrected chi connectivity index (χ1v) is 25.9. The van der Waals surface area contributed by atoms with Gasteiger partial charge in [-0.1, -0.05) is 84.0 Å². The number of amides is 10. The molecule has 1 saturated heterocycles. The highest BCUT2D eigenvalue weighted by Gasteiger charge is 2.39. The predicted molar refractivity (Wildman–Crippen MR) is 274 cm³/mol. The van der Waals surface area contributed by atoms with Crippen molar-refractivity contribution in [3.05, 3.63) is 0 Å². The number of aliphatic carboxylic acids is 1. The first-order chi connectivity index (χ1) is 36.0. The van der Waals surface area contributed by atoms with E-state index >= 15 is 0 Å². The number of guanidine groups is 1. The van der Waals surface area contributed by atoms with Gasteiger partial charge in [-0.05, 0) is 40.0 Å². The summed E-state index contributed by atoms with van der Waals surface area (Å²) in [6, 6.07) is -11.4. The lowest BCUT2D eigenvalue weighted by Gasteiger charge is -2.30. The van der Waals surface area contributed by atoms with Crippen LogP contribution in [0.25, 0.3) is 0 Å². The molecule has 0 aliphatic carbocycles. The second-order valence-electron chi connectivity index (χ2n) is 18.6. The highest BCUT2D eigenvalue weighted by atomic mass is 16.4. The van der Waals surface area contributed by atoms with E-state index in [1.165, 1.54) is 79.2 Å². The number of likely N-dealkylation sites (N-methyl/N-ethyl adjacent to an activating group) is 1. The Morgan fingerprint density at radius 3 is 1.72 bits per heavy atom. The molecule has 1 heterocycles. The molecule has 1 aliphatic rings. The van der Waals surface area contributed by atoms with E-state index < -0.39 is 146 Å². The van der Waals surface area contributed by atoms with Crippen LogP contribution < -0.4 is 65.0 Å². The molecule has 76 heavy (non-hydrogen) atoms. The maximum atomic E-state index is 13.7. The Labute approximate surface area is 442 Å². The van der Waals surface area contributed by atoms with Crippen LogP contribution in [0.3, 0.4) is 0 Å². The van der Waals surface area contributed by atoms with Crippen LogP contribution in [-0.2, 0) is 52.7 Å². The third-order valence-corrected chi connectivity index (χ3v) is 12.1. The third-order valence-electron chi connectivity index (χ3n) is 12.1. The molecule has 18 N–H and O–H groups in total. The number of carbonyl (C=O) groups is 11. The molecule has 0 aromatic carbocycles. The van der Waals surface area contributed by atoms with E-state index in [-0.39, 0.29) is 31.8 Å². The van der Waals surface area contributed by atoms with Gasteiger partial charge in [0.15, 0.2) is 5.96 Å². The summed E-state index contributed by atoms with van der Waals surface area (Å²) in [6.45, 7) is 3.86. The first kappa shape index (κ1) is 67.3. The molecule has 0 saturated carbocycles. The van der Waals surface area contributed by atoms with Crippen LogP contribution in [0.15, 0.2) is 4.99 Å². The van der Waals surface area contributed by atoms with E-state index in [1.54, 1.807) is 0 Å². The number of rotatable bonds is 38. The van der Waals surface area contributed by atoms with Crippen molar-refractivity contribution >= 4 is 71.0 Å². The van der Waals surface area contributed by atoms with Crippen LogP contribution in [0.1, 0.15) is 143 Å². The minimum atomic E-state index is -1.88. The average Bonchev–Trinajstić information content (AvgIpc) is 3.50. The molecule has 29 heteroatoms. The Hall–Kier alpha value is -6.72. The lowest BCUT2D eigenvalue weighted by molar-refractivity contribution is -0.147. The number of nitrogens with one attached hydrogen (secondary N) is 10. The van der Waals surface area contributed by atoms with Gasteiger partial charge in [0.2, 0.25) is 53.2 Å². The van der Waals surface area contributed by atoms with Gasteiger partial charge in [-0.25, -0.2) is 5.01 Å². The van der Waals surface area contributed by atoms with Crippen molar-refractivity contribution in [2.45, 2.75) is 198 Å². The maximum absolute atomic E-state index is 13.7. The second-order valence-corrected chi connectivity index (χ2v) is 18.6. The summed E-state index contributed by atoms with van der Waals surface area (Å²) in [6.07, 6.45) is 9.91. The number of carbonyl (C=O) groups excluding carboxylic acids is 10. The quantitative estimate of drug-likeness (QED) is 0.0158. The predicted octanol–water partition coefficient (Wildman–Crippen LogP) is -4.32. The van der Waals surface area contributed by atoms with Crippen molar-refractivity contribution in [3.8, 4) is 0 Å². The molecule has 1 rings (SSSR count). The number of aliphatic hydroxyl groups excluding tert-OH is 3. The Morgan fingerprint density at radius 1 is 0.671 bits per heavy atom.